The Kier molecular flexibility index (Phi) is 20.7. The van der Waals surface area contributed by atoms with E-state index in [1.54, 1.807) is 11.9 Å². The molecule has 1 unspecified atom stereocenters. The molecule has 508 valence electrons. The van der Waals surface area contributed by atoms with E-state index in [0.717, 1.165) is 66.8 Å². The van der Waals surface area contributed by atoms with Crippen LogP contribution in [-0.2, 0) is 53.6 Å². The van der Waals surface area contributed by atoms with Crippen molar-refractivity contribution >= 4 is 48.8 Å². The second kappa shape index (κ2) is 28.6. The number of ether oxygens (including phenoxy) is 1. The summed E-state index contributed by atoms with van der Waals surface area (Å²) in [4.78, 5) is 86.0. The molecule has 16 heteroatoms. The van der Waals surface area contributed by atoms with Gasteiger partial charge < -0.3 is 28.8 Å². The lowest BCUT2D eigenvalue weighted by molar-refractivity contribution is -0.155. The van der Waals surface area contributed by atoms with E-state index in [4.69, 9.17) is 14.1 Å². The van der Waals surface area contributed by atoms with Crippen molar-refractivity contribution in [3.8, 4) is 28.1 Å². The van der Waals surface area contributed by atoms with E-state index in [0.29, 0.717) is 70.6 Å². The highest BCUT2D eigenvalue weighted by molar-refractivity contribution is 6.78. The molecule has 0 aliphatic carbocycles. The largest absolute Gasteiger partial charge is 0.543 e. The second-order valence-electron chi connectivity index (χ2n) is 29.9. The number of hydrogen-bond acceptors (Lipinski definition) is 10. The number of hydrogen-bond donors (Lipinski definition) is 2. The molecule has 7 aromatic rings. The molecule has 0 spiro atoms. The van der Waals surface area contributed by atoms with Gasteiger partial charge in [-0.25, -0.2) is 5.43 Å². The van der Waals surface area contributed by atoms with Crippen LogP contribution in [-0.4, -0.2) is 131 Å². The van der Waals surface area contributed by atoms with Crippen LogP contribution in [0.4, 0.5) is 0 Å². The zero-order chi connectivity index (χ0) is 68.5. The molecule has 5 atom stereocenters. The average molecular weight is 1320 g/mol. The van der Waals surface area contributed by atoms with Crippen LogP contribution in [0.5, 0.6) is 5.75 Å². The van der Waals surface area contributed by atoms with Crippen molar-refractivity contribution in [1.29, 1.82) is 0 Å². The number of cyclic esters (lactones) is 1. The van der Waals surface area contributed by atoms with Crippen molar-refractivity contribution in [3.05, 3.63) is 179 Å². The zero-order valence-corrected chi connectivity index (χ0v) is 60.2. The first-order valence-electron chi connectivity index (χ1n) is 35.4. The van der Waals surface area contributed by atoms with Gasteiger partial charge in [0.25, 0.3) is 14.2 Å². The topological polar surface area (TPSA) is 158 Å². The number of esters is 1. The van der Waals surface area contributed by atoms with Gasteiger partial charge in [0.15, 0.2) is 0 Å². The fraction of sp³-hybridized carbons (Fsp3) is 0.475. The lowest BCUT2D eigenvalue weighted by Gasteiger charge is -2.42. The van der Waals surface area contributed by atoms with Gasteiger partial charge in [0.1, 0.15) is 29.9 Å². The number of likely N-dealkylation sites (tertiary alicyclic amines) is 1. The number of fused-ring (bicyclic) bond motifs is 6. The first-order valence-corrected chi connectivity index (χ1v) is 37.5. The van der Waals surface area contributed by atoms with Crippen LogP contribution < -0.4 is 15.2 Å². The lowest BCUT2D eigenvalue weighted by Crippen LogP contribution is -2.62. The maximum Gasteiger partial charge on any atom is 0.324 e. The third-order valence-electron chi connectivity index (χ3n) is 21.2. The van der Waals surface area contributed by atoms with Crippen LogP contribution >= 0.6 is 0 Å². The van der Waals surface area contributed by atoms with Crippen molar-refractivity contribution in [3.63, 3.8) is 0 Å². The third-order valence-corrected chi connectivity index (χ3v) is 27.2. The molecule has 15 nitrogen and oxygen atoms in total. The minimum Gasteiger partial charge on any atom is -0.543 e. The van der Waals surface area contributed by atoms with E-state index in [9.17, 15) is 14.4 Å². The van der Waals surface area contributed by atoms with Crippen molar-refractivity contribution in [2.75, 3.05) is 39.8 Å². The maximum absolute atomic E-state index is 15.6. The van der Waals surface area contributed by atoms with Gasteiger partial charge in [-0.05, 0) is 143 Å². The zero-order valence-electron chi connectivity index (χ0n) is 59.2. The fourth-order valence-corrected chi connectivity index (χ4v) is 21.8. The number of aryl methyl sites for hydroxylation is 1. The predicted octanol–water partition coefficient (Wildman–Crippen LogP) is 14.1. The number of aromatic nitrogens is 2. The lowest BCUT2D eigenvalue weighted by atomic mass is 9.76. The number of benzene rings is 5. The van der Waals surface area contributed by atoms with Crippen LogP contribution in [0, 0.1) is 17.3 Å². The normalized spacial score (nSPS) is 20.0. The molecule has 3 fully saturated rings. The van der Waals surface area contributed by atoms with Gasteiger partial charge in [-0.3, -0.25) is 38.9 Å². The highest BCUT2D eigenvalue weighted by atomic mass is 28.4. The fourth-order valence-electron chi connectivity index (χ4n) is 16.6. The Morgan fingerprint density at radius 3 is 1.95 bits per heavy atom. The average Bonchev–Trinajstić information content (AvgIpc) is 1.54. The molecule has 96 heavy (non-hydrogen) atoms. The van der Waals surface area contributed by atoms with Crippen molar-refractivity contribution in [1.82, 2.24) is 40.0 Å². The van der Waals surface area contributed by atoms with Crippen molar-refractivity contribution < 1.29 is 33.1 Å². The number of carbonyl (C=O) groups excluding carboxylic acids is 5. The molecular weight excluding hydrogens is 1210 g/mol. The van der Waals surface area contributed by atoms with Gasteiger partial charge in [0, 0.05) is 80.2 Å². The molecule has 4 amide bonds. The Labute approximate surface area is 570 Å². The Balaban J connectivity index is 0.913. The summed E-state index contributed by atoms with van der Waals surface area (Å²) in [6, 6.07) is 45.2. The van der Waals surface area contributed by atoms with Crippen LogP contribution in [0.2, 0.25) is 16.6 Å². The summed E-state index contributed by atoms with van der Waals surface area (Å²) in [5, 5.41) is 5.82. The molecule has 4 aliphatic heterocycles. The van der Waals surface area contributed by atoms with E-state index in [-0.39, 0.29) is 59.3 Å². The molecule has 5 aromatic carbocycles. The minimum absolute atomic E-state index is 0.0453. The predicted molar refractivity (Wildman–Crippen MR) is 384 cm³/mol. The molecule has 11 rings (SSSR count). The Morgan fingerprint density at radius 2 is 1.38 bits per heavy atom. The standard InChI is InChI=1S/C80H102N8O7Si/c1-15-86-69-36-35-58-47-65(69)66(73(86)64-33-25-39-81-71(64)51(2)3)48-79(12,13)50-94-78(93)67-34-26-40-88(83-67)76(91)68(45-56-43-59(58)46-63(44-56)95-96(53(6)7,54(8)9)55(10)11)82-74(89)72(52(4)5)84(14)75(90)57-37-41-85(42-38-57)77(92)70-49-87(70)80(60-27-19-16-20-28-60,61-29-21-17-22-30-61)62-31-23-18-24-32-62/h16-25,27-33,35-36,39,43-44,46-47,51-55,57,67-68,70,72,83H,15,26,34,37-38,40-42,45,48-50H2,1-14H3,(H,82,89)/t67-,68-,70+,72-,87?/m0/s1. The number of nitrogens with one attached hydrogen (secondary N) is 2. The summed E-state index contributed by atoms with van der Waals surface area (Å²) in [5.41, 5.74) is 14.2. The number of carbonyl (C=O) groups is 5. The monoisotopic (exact) mass is 1310 g/mol. The van der Waals surface area contributed by atoms with Crippen LogP contribution in [0.15, 0.2) is 146 Å². The number of likely N-dealkylation sites (N-methyl/N-ethyl adjacent to an activating group) is 1. The second-order valence-corrected chi connectivity index (χ2v) is 35.3. The highest BCUT2D eigenvalue weighted by Crippen LogP contribution is 2.50. The quantitative estimate of drug-likeness (QED) is 0.0367. The number of nitrogens with zero attached hydrogens (tertiary/aromatic N) is 6. The number of piperidine rings is 1. The number of pyridine rings is 1. The van der Waals surface area contributed by atoms with E-state index < -0.39 is 61.1 Å². The summed E-state index contributed by atoms with van der Waals surface area (Å²) in [5.74, 6) is -1.36. The van der Waals surface area contributed by atoms with Gasteiger partial charge in [0.05, 0.1) is 23.5 Å². The molecule has 2 N–H and O–H groups in total. The molecule has 6 heterocycles. The Bertz CT molecular complexity index is 3820. The molecule has 0 saturated carbocycles. The van der Waals surface area contributed by atoms with E-state index in [1.165, 1.54) is 5.01 Å². The first kappa shape index (κ1) is 69.4. The highest BCUT2D eigenvalue weighted by Gasteiger charge is 2.57. The summed E-state index contributed by atoms with van der Waals surface area (Å²) >= 11 is 0. The smallest absolute Gasteiger partial charge is 0.324 e. The van der Waals surface area contributed by atoms with E-state index >= 15 is 9.59 Å². The summed E-state index contributed by atoms with van der Waals surface area (Å²) in [6.07, 6.45) is 4.41. The molecule has 6 bridgehead atoms. The van der Waals surface area contributed by atoms with Crippen LogP contribution in [0.3, 0.4) is 0 Å². The van der Waals surface area contributed by atoms with Gasteiger partial charge in [0.2, 0.25) is 17.7 Å². The van der Waals surface area contributed by atoms with Crippen molar-refractivity contribution in [2.24, 2.45) is 17.3 Å². The minimum atomic E-state index is -2.57. The molecule has 0 radical (unpaired) electrons. The van der Waals surface area contributed by atoms with Crippen LogP contribution in [0.25, 0.3) is 33.3 Å². The number of amides is 4. The van der Waals surface area contributed by atoms with Crippen LogP contribution in [0.1, 0.15) is 155 Å². The molecule has 2 aromatic heterocycles. The Hall–Kier alpha value is -7.92. The maximum atomic E-state index is 15.6. The number of rotatable bonds is 18. The van der Waals surface area contributed by atoms with Gasteiger partial charge in [-0.2, -0.15) is 0 Å². The SMILES string of the molecule is CCn1c(-c2cccnc2C(C)C)c2c3cc(ccc31)-c1cc(cc(O[Si](C(C)C)(C(C)C)C(C)C)c1)C[C@H](NC(=O)[C@H](C(C)C)N(C)C(=O)C1CCN(C(=O)[C@H]3CN3C(c3ccccc3)(c3ccccc3)c3ccccc3)CC1)C(=O)N1CCC[C@H](N1)C(=O)OCC(C)(C)C2. The van der Waals surface area contributed by atoms with E-state index in [1.807, 2.05) is 49.2 Å². The van der Waals surface area contributed by atoms with Crippen molar-refractivity contribution in [2.45, 2.75) is 187 Å². The summed E-state index contributed by atoms with van der Waals surface area (Å²) in [7, 11) is -0.878. The van der Waals surface area contributed by atoms with E-state index in [2.05, 4.69) is 212 Å². The summed E-state index contributed by atoms with van der Waals surface area (Å²) in [6.45, 7) is 30.9. The first-order chi connectivity index (χ1) is 45.9. The Morgan fingerprint density at radius 1 is 0.760 bits per heavy atom. The van der Waals surface area contributed by atoms with Gasteiger partial charge >= 0.3 is 5.97 Å². The number of hydrazine groups is 1. The van der Waals surface area contributed by atoms with Gasteiger partial charge in [-0.15, -0.1) is 0 Å². The van der Waals surface area contributed by atoms with Gasteiger partial charge in [-0.1, -0.05) is 186 Å². The third kappa shape index (κ3) is 13.6. The summed E-state index contributed by atoms with van der Waals surface area (Å²) < 4.78 is 16.3. The molecule has 3 saturated heterocycles. The molecular formula is C80H102N8O7Si. The molecule has 4 aliphatic rings.